The average Bonchev–Trinajstić information content (AvgIpc) is 2.67. The predicted molar refractivity (Wildman–Crippen MR) is 68.0 cm³/mol. The standard InChI is InChI=1S/C11H18N2O5S/c1-9-7-10(13-18-9)8-19(16,17)12-6-4-2-3-5-11(14)15/h7,12H,2-6,8H2,1H3,(H,14,15). The Bertz CT molecular complexity index is 509. The van der Waals surface area contributed by atoms with Crippen molar-refractivity contribution in [2.45, 2.75) is 38.4 Å². The molecular formula is C11H18N2O5S. The van der Waals surface area contributed by atoms with Gasteiger partial charge in [-0.05, 0) is 19.8 Å². The third-order valence-electron chi connectivity index (χ3n) is 2.40. The maximum absolute atomic E-state index is 11.7. The first-order chi connectivity index (χ1) is 8.89. The van der Waals surface area contributed by atoms with Crippen molar-refractivity contribution in [2.75, 3.05) is 6.54 Å². The molecule has 0 amide bonds. The Labute approximate surface area is 112 Å². The topological polar surface area (TPSA) is 110 Å². The number of nitrogens with zero attached hydrogens (tertiary/aromatic N) is 1. The number of aliphatic carboxylic acids is 1. The zero-order chi connectivity index (χ0) is 14.3. The van der Waals surface area contributed by atoms with Crippen LogP contribution in [0.3, 0.4) is 0 Å². The lowest BCUT2D eigenvalue weighted by atomic mass is 10.2. The van der Waals surface area contributed by atoms with E-state index < -0.39 is 16.0 Å². The van der Waals surface area contributed by atoms with Crippen LogP contribution in [0, 0.1) is 6.92 Å². The first kappa shape index (κ1) is 15.6. The number of hydrogen-bond acceptors (Lipinski definition) is 5. The Hall–Kier alpha value is -1.41. The lowest BCUT2D eigenvalue weighted by Gasteiger charge is -2.04. The van der Waals surface area contributed by atoms with Gasteiger partial charge in [-0.25, -0.2) is 13.1 Å². The molecular weight excluding hydrogens is 272 g/mol. The number of carboxylic acid groups (broad SMARTS) is 1. The largest absolute Gasteiger partial charge is 0.481 e. The molecule has 1 heterocycles. The fourth-order valence-corrected chi connectivity index (χ4v) is 2.62. The van der Waals surface area contributed by atoms with Crippen LogP contribution in [0.2, 0.25) is 0 Å². The number of sulfonamides is 1. The van der Waals surface area contributed by atoms with Gasteiger partial charge in [0.15, 0.2) is 0 Å². The average molecular weight is 290 g/mol. The lowest BCUT2D eigenvalue weighted by molar-refractivity contribution is -0.137. The summed E-state index contributed by atoms with van der Waals surface area (Å²) in [4.78, 5) is 10.3. The van der Waals surface area contributed by atoms with Gasteiger partial charge in [-0.15, -0.1) is 0 Å². The van der Waals surface area contributed by atoms with E-state index in [0.717, 1.165) is 0 Å². The number of aromatic nitrogens is 1. The van der Waals surface area contributed by atoms with E-state index in [9.17, 15) is 13.2 Å². The summed E-state index contributed by atoms with van der Waals surface area (Å²) in [6.45, 7) is 2.00. The molecule has 0 saturated carbocycles. The van der Waals surface area contributed by atoms with E-state index in [0.29, 0.717) is 37.3 Å². The van der Waals surface area contributed by atoms with Crippen LogP contribution in [0.5, 0.6) is 0 Å². The molecule has 0 radical (unpaired) electrons. The second-order valence-corrected chi connectivity index (χ2v) is 6.09. The second-order valence-electron chi connectivity index (χ2n) is 4.29. The minimum Gasteiger partial charge on any atom is -0.481 e. The van der Waals surface area contributed by atoms with Gasteiger partial charge in [0.05, 0.1) is 0 Å². The summed E-state index contributed by atoms with van der Waals surface area (Å²) in [7, 11) is -3.41. The maximum Gasteiger partial charge on any atom is 0.303 e. The van der Waals surface area contributed by atoms with Gasteiger partial charge in [0.1, 0.15) is 17.2 Å². The molecule has 1 aromatic heterocycles. The fourth-order valence-electron chi connectivity index (χ4n) is 1.54. The number of aryl methyl sites for hydroxylation is 1. The number of rotatable bonds is 9. The molecule has 0 aliphatic heterocycles. The lowest BCUT2D eigenvalue weighted by Crippen LogP contribution is -2.26. The smallest absolute Gasteiger partial charge is 0.303 e. The van der Waals surface area contributed by atoms with Crippen molar-refractivity contribution in [1.82, 2.24) is 9.88 Å². The van der Waals surface area contributed by atoms with Gasteiger partial charge in [-0.2, -0.15) is 0 Å². The van der Waals surface area contributed by atoms with Crippen LogP contribution < -0.4 is 4.72 Å². The molecule has 1 rings (SSSR count). The van der Waals surface area contributed by atoms with E-state index in [1.165, 1.54) is 0 Å². The van der Waals surface area contributed by atoms with Gasteiger partial charge in [0.2, 0.25) is 10.0 Å². The highest BCUT2D eigenvalue weighted by Gasteiger charge is 2.13. The molecule has 19 heavy (non-hydrogen) atoms. The van der Waals surface area contributed by atoms with Crippen molar-refractivity contribution in [3.8, 4) is 0 Å². The molecule has 0 unspecified atom stereocenters. The van der Waals surface area contributed by atoms with E-state index in [4.69, 9.17) is 9.63 Å². The van der Waals surface area contributed by atoms with Gasteiger partial charge in [-0.1, -0.05) is 11.6 Å². The van der Waals surface area contributed by atoms with Crippen LogP contribution in [-0.2, 0) is 20.6 Å². The molecule has 108 valence electrons. The van der Waals surface area contributed by atoms with Gasteiger partial charge in [0.25, 0.3) is 0 Å². The maximum atomic E-state index is 11.7. The van der Waals surface area contributed by atoms with E-state index in [1.54, 1.807) is 13.0 Å². The van der Waals surface area contributed by atoms with Crippen molar-refractivity contribution < 1.29 is 22.8 Å². The Morgan fingerprint density at radius 3 is 2.74 bits per heavy atom. The highest BCUT2D eigenvalue weighted by Crippen LogP contribution is 2.06. The summed E-state index contributed by atoms with van der Waals surface area (Å²) in [5.74, 6) is -0.472. The minimum atomic E-state index is -3.41. The van der Waals surface area contributed by atoms with Crippen molar-refractivity contribution in [1.29, 1.82) is 0 Å². The molecule has 2 N–H and O–H groups in total. The zero-order valence-electron chi connectivity index (χ0n) is 10.8. The predicted octanol–water partition coefficient (Wildman–Crippen LogP) is 1.05. The molecule has 7 nitrogen and oxygen atoms in total. The van der Waals surface area contributed by atoms with Crippen LogP contribution in [0.4, 0.5) is 0 Å². The molecule has 0 saturated heterocycles. The Balaban J connectivity index is 2.22. The number of carboxylic acids is 1. The first-order valence-electron chi connectivity index (χ1n) is 6.00. The highest BCUT2D eigenvalue weighted by molar-refractivity contribution is 7.88. The Morgan fingerprint density at radius 1 is 1.42 bits per heavy atom. The molecule has 0 aliphatic carbocycles. The minimum absolute atomic E-state index is 0.116. The van der Waals surface area contributed by atoms with E-state index in [1.807, 2.05) is 0 Å². The summed E-state index contributed by atoms with van der Waals surface area (Å²) in [6.07, 6.45) is 1.97. The molecule has 0 aromatic carbocycles. The van der Waals surface area contributed by atoms with E-state index >= 15 is 0 Å². The van der Waals surface area contributed by atoms with Crippen LogP contribution in [-0.4, -0.2) is 31.2 Å². The number of unbranched alkanes of at least 4 members (excludes halogenated alkanes) is 2. The van der Waals surface area contributed by atoms with Crippen LogP contribution in [0.25, 0.3) is 0 Å². The van der Waals surface area contributed by atoms with Crippen LogP contribution in [0.15, 0.2) is 10.6 Å². The second kappa shape index (κ2) is 7.25. The number of hydrogen-bond donors (Lipinski definition) is 2. The van der Waals surface area contributed by atoms with E-state index in [-0.39, 0.29) is 12.2 Å². The van der Waals surface area contributed by atoms with Crippen molar-refractivity contribution >= 4 is 16.0 Å². The number of nitrogens with one attached hydrogen (secondary N) is 1. The van der Waals surface area contributed by atoms with Gasteiger partial charge < -0.3 is 9.63 Å². The van der Waals surface area contributed by atoms with Crippen molar-refractivity contribution in [3.63, 3.8) is 0 Å². The molecule has 0 bridgehead atoms. The monoisotopic (exact) mass is 290 g/mol. The summed E-state index contributed by atoms with van der Waals surface area (Å²) in [6, 6.07) is 1.58. The van der Waals surface area contributed by atoms with Gasteiger partial charge in [0, 0.05) is 19.0 Å². The van der Waals surface area contributed by atoms with Gasteiger partial charge >= 0.3 is 5.97 Å². The van der Waals surface area contributed by atoms with E-state index in [2.05, 4.69) is 9.88 Å². The summed E-state index contributed by atoms with van der Waals surface area (Å²) in [5.41, 5.74) is 0.371. The highest BCUT2D eigenvalue weighted by atomic mass is 32.2. The zero-order valence-corrected chi connectivity index (χ0v) is 11.6. The summed E-state index contributed by atoms with van der Waals surface area (Å²) < 4.78 is 30.6. The van der Waals surface area contributed by atoms with Crippen LogP contribution in [0.1, 0.15) is 37.1 Å². The summed E-state index contributed by atoms with van der Waals surface area (Å²) in [5, 5.41) is 12.1. The number of carbonyl (C=O) groups is 1. The third kappa shape index (κ3) is 6.92. The molecule has 0 fully saturated rings. The fraction of sp³-hybridized carbons (Fsp3) is 0.636. The molecule has 0 atom stereocenters. The molecule has 1 aromatic rings. The molecule has 0 aliphatic rings. The SMILES string of the molecule is Cc1cc(CS(=O)(=O)NCCCCCC(=O)O)no1. The quantitative estimate of drug-likeness (QED) is 0.658. The van der Waals surface area contributed by atoms with Crippen molar-refractivity contribution in [2.24, 2.45) is 0 Å². The normalized spacial score (nSPS) is 11.6. The molecule has 8 heteroatoms. The molecule has 0 spiro atoms. The summed E-state index contributed by atoms with van der Waals surface area (Å²) >= 11 is 0. The van der Waals surface area contributed by atoms with Gasteiger partial charge in [-0.3, -0.25) is 4.79 Å². The van der Waals surface area contributed by atoms with Crippen LogP contribution >= 0.6 is 0 Å². The first-order valence-corrected chi connectivity index (χ1v) is 7.65. The Kier molecular flexibility index (Phi) is 5.97. The van der Waals surface area contributed by atoms with Crippen molar-refractivity contribution in [3.05, 3.63) is 17.5 Å². The Morgan fingerprint density at radius 2 is 2.16 bits per heavy atom. The third-order valence-corrected chi connectivity index (χ3v) is 3.72.